The van der Waals surface area contributed by atoms with Gasteiger partial charge in [-0.1, -0.05) is 11.6 Å². The van der Waals surface area contributed by atoms with Crippen LogP contribution in [0.2, 0.25) is 5.15 Å². The Kier molecular flexibility index (Phi) is 4.88. The van der Waals surface area contributed by atoms with E-state index in [1.54, 1.807) is 17.0 Å². The Balaban J connectivity index is 1.77. The van der Waals surface area contributed by atoms with Crippen LogP contribution in [0.3, 0.4) is 0 Å². The van der Waals surface area contributed by atoms with Crippen molar-refractivity contribution in [3.8, 4) is 5.88 Å². The van der Waals surface area contributed by atoms with E-state index >= 15 is 0 Å². The van der Waals surface area contributed by atoms with Gasteiger partial charge in [-0.3, -0.25) is 0 Å². The molecule has 1 aromatic heterocycles. The number of nitrogens with zero attached hydrogens (tertiary/aromatic N) is 3. The summed E-state index contributed by atoms with van der Waals surface area (Å²) in [6.45, 7) is 7.41. The molecule has 1 aliphatic rings. The fraction of sp³-hybridized carbons (Fsp3) is 0.643. The summed E-state index contributed by atoms with van der Waals surface area (Å²) >= 11 is 5.66. The molecule has 6 nitrogen and oxygen atoms in total. The third-order valence-corrected chi connectivity index (χ3v) is 3.21. The molecule has 1 aromatic rings. The number of aromatic nitrogens is 2. The number of amides is 1. The first-order chi connectivity index (χ1) is 9.83. The number of ether oxygens (including phenoxy) is 2. The largest absolute Gasteiger partial charge is 0.476 e. The Labute approximate surface area is 129 Å². The van der Waals surface area contributed by atoms with Crippen LogP contribution >= 0.6 is 11.6 Å². The van der Waals surface area contributed by atoms with Crippen LogP contribution in [0.4, 0.5) is 4.79 Å². The number of halogens is 1. The molecular formula is C14H20ClN3O3. The summed E-state index contributed by atoms with van der Waals surface area (Å²) in [6.07, 6.45) is 0.622. The summed E-state index contributed by atoms with van der Waals surface area (Å²) in [4.78, 5) is 13.7. The van der Waals surface area contributed by atoms with Crippen LogP contribution in [-0.4, -0.2) is 46.5 Å². The van der Waals surface area contributed by atoms with E-state index in [4.69, 9.17) is 21.1 Å². The van der Waals surface area contributed by atoms with Crippen LogP contribution in [0.5, 0.6) is 5.88 Å². The van der Waals surface area contributed by atoms with Gasteiger partial charge < -0.3 is 14.4 Å². The van der Waals surface area contributed by atoms with Crippen molar-refractivity contribution in [1.82, 2.24) is 15.1 Å². The first-order valence-electron chi connectivity index (χ1n) is 6.93. The number of likely N-dealkylation sites (tertiary alicyclic amines) is 1. The fourth-order valence-electron chi connectivity index (χ4n) is 2.04. The Bertz CT molecular complexity index is 487. The first kappa shape index (κ1) is 15.8. The second-order valence-corrected chi connectivity index (χ2v) is 6.47. The molecule has 0 radical (unpaired) electrons. The minimum absolute atomic E-state index is 0.267. The van der Waals surface area contributed by atoms with Crippen molar-refractivity contribution >= 4 is 17.7 Å². The normalized spacial score (nSPS) is 18.7. The van der Waals surface area contributed by atoms with E-state index in [0.29, 0.717) is 30.7 Å². The minimum atomic E-state index is -0.468. The second kappa shape index (κ2) is 6.47. The fourth-order valence-corrected chi connectivity index (χ4v) is 2.15. The lowest BCUT2D eigenvalue weighted by molar-refractivity contribution is 0.0284. The predicted molar refractivity (Wildman–Crippen MR) is 78.5 cm³/mol. The van der Waals surface area contributed by atoms with Gasteiger partial charge in [0.05, 0.1) is 6.61 Å². The molecule has 0 bridgehead atoms. The highest BCUT2D eigenvalue weighted by molar-refractivity contribution is 6.29. The molecule has 0 aromatic carbocycles. The highest BCUT2D eigenvalue weighted by atomic mass is 35.5. The summed E-state index contributed by atoms with van der Waals surface area (Å²) in [5, 5.41) is 7.88. The van der Waals surface area contributed by atoms with Gasteiger partial charge in [0.15, 0.2) is 5.15 Å². The molecule has 0 unspecified atom stereocenters. The van der Waals surface area contributed by atoms with Crippen LogP contribution in [-0.2, 0) is 4.74 Å². The first-order valence-corrected chi connectivity index (χ1v) is 7.31. The number of carbonyl (C=O) groups is 1. The van der Waals surface area contributed by atoms with E-state index in [2.05, 4.69) is 10.2 Å². The zero-order chi connectivity index (χ0) is 15.5. The van der Waals surface area contributed by atoms with Gasteiger partial charge in [0, 0.05) is 25.1 Å². The number of hydrogen-bond donors (Lipinski definition) is 0. The molecule has 2 rings (SSSR count). The van der Waals surface area contributed by atoms with E-state index in [-0.39, 0.29) is 12.0 Å². The lowest BCUT2D eigenvalue weighted by Crippen LogP contribution is -2.35. The molecule has 1 atom stereocenters. The molecule has 1 aliphatic heterocycles. The minimum Gasteiger partial charge on any atom is -0.476 e. The molecule has 7 heteroatoms. The number of hydrogen-bond acceptors (Lipinski definition) is 5. The van der Waals surface area contributed by atoms with Crippen molar-refractivity contribution < 1.29 is 14.3 Å². The Morgan fingerprint density at radius 1 is 1.43 bits per heavy atom. The summed E-state index contributed by atoms with van der Waals surface area (Å²) < 4.78 is 10.9. The lowest BCUT2D eigenvalue weighted by Gasteiger charge is -2.24. The maximum Gasteiger partial charge on any atom is 0.410 e. The molecule has 1 saturated heterocycles. The van der Waals surface area contributed by atoms with Crippen LogP contribution < -0.4 is 4.74 Å². The van der Waals surface area contributed by atoms with Gasteiger partial charge >= 0.3 is 6.09 Å². The van der Waals surface area contributed by atoms with Crippen LogP contribution in [0.25, 0.3) is 0 Å². The second-order valence-electron chi connectivity index (χ2n) is 6.09. The van der Waals surface area contributed by atoms with Gasteiger partial charge in [0.25, 0.3) is 0 Å². The third kappa shape index (κ3) is 5.04. The Hall–Kier alpha value is -1.56. The highest BCUT2D eigenvalue weighted by Gasteiger charge is 2.30. The number of rotatable bonds is 3. The number of carbonyl (C=O) groups excluding carboxylic acids is 1. The SMILES string of the molecule is CC(C)(C)OC(=O)N1CC[C@@H](COc2ccc(Cl)nn2)C1. The molecule has 1 fully saturated rings. The summed E-state index contributed by atoms with van der Waals surface area (Å²) in [6, 6.07) is 3.31. The van der Waals surface area contributed by atoms with Crippen molar-refractivity contribution in [2.45, 2.75) is 32.8 Å². The molecule has 116 valence electrons. The highest BCUT2D eigenvalue weighted by Crippen LogP contribution is 2.20. The maximum absolute atomic E-state index is 11.9. The topological polar surface area (TPSA) is 64.5 Å². The van der Waals surface area contributed by atoms with Crippen LogP contribution in [0.15, 0.2) is 12.1 Å². The molecule has 0 aliphatic carbocycles. The average molecular weight is 314 g/mol. The molecule has 21 heavy (non-hydrogen) atoms. The van der Waals surface area contributed by atoms with Gasteiger partial charge in [-0.25, -0.2) is 4.79 Å². The molecule has 2 heterocycles. The van der Waals surface area contributed by atoms with Crippen molar-refractivity contribution in [3.63, 3.8) is 0 Å². The predicted octanol–water partition coefficient (Wildman–Crippen LogP) is 2.77. The third-order valence-electron chi connectivity index (χ3n) is 3.01. The van der Waals surface area contributed by atoms with E-state index in [1.807, 2.05) is 20.8 Å². The maximum atomic E-state index is 11.9. The van der Waals surface area contributed by atoms with Gasteiger partial charge in [-0.15, -0.1) is 10.2 Å². The van der Waals surface area contributed by atoms with Crippen molar-refractivity contribution in [2.24, 2.45) is 5.92 Å². The Morgan fingerprint density at radius 3 is 2.81 bits per heavy atom. The zero-order valence-corrected chi connectivity index (χ0v) is 13.3. The monoisotopic (exact) mass is 313 g/mol. The van der Waals surface area contributed by atoms with Crippen LogP contribution in [0.1, 0.15) is 27.2 Å². The molecule has 0 saturated carbocycles. The van der Waals surface area contributed by atoms with Gasteiger partial charge in [-0.05, 0) is 33.3 Å². The van der Waals surface area contributed by atoms with Crippen molar-refractivity contribution in [1.29, 1.82) is 0 Å². The molecule has 1 amide bonds. The van der Waals surface area contributed by atoms with E-state index in [9.17, 15) is 4.79 Å². The summed E-state index contributed by atoms with van der Waals surface area (Å²) in [5.41, 5.74) is -0.468. The van der Waals surface area contributed by atoms with Gasteiger partial charge in [-0.2, -0.15) is 0 Å². The smallest absolute Gasteiger partial charge is 0.410 e. The van der Waals surface area contributed by atoms with Crippen LogP contribution in [0, 0.1) is 5.92 Å². The Morgan fingerprint density at radius 2 is 2.19 bits per heavy atom. The lowest BCUT2D eigenvalue weighted by atomic mass is 10.1. The molecule has 0 N–H and O–H groups in total. The quantitative estimate of drug-likeness (QED) is 0.858. The van der Waals surface area contributed by atoms with E-state index in [0.717, 1.165) is 6.42 Å². The van der Waals surface area contributed by atoms with Gasteiger partial charge in [0.2, 0.25) is 5.88 Å². The van der Waals surface area contributed by atoms with Crippen molar-refractivity contribution in [3.05, 3.63) is 17.3 Å². The zero-order valence-electron chi connectivity index (χ0n) is 12.5. The van der Waals surface area contributed by atoms with E-state index in [1.165, 1.54) is 0 Å². The standard InChI is InChI=1S/C14H20ClN3O3/c1-14(2,3)21-13(19)18-7-6-10(8-18)9-20-12-5-4-11(15)16-17-12/h4-5,10H,6-9H2,1-3H3/t10-/m1/s1. The molecular weight excluding hydrogens is 294 g/mol. The van der Waals surface area contributed by atoms with E-state index < -0.39 is 5.60 Å². The average Bonchev–Trinajstić information content (AvgIpc) is 2.85. The van der Waals surface area contributed by atoms with Gasteiger partial charge in [0.1, 0.15) is 5.60 Å². The molecule has 0 spiro atoms. The summed E-state index contributed by atoms with van der Waals surface area (Å²) in [5.74, 6) is 0.713. The summed E-state index contributed by atoms with van der Waals surface area (Å²) in [7, 11) is 0. The van der Waals surface area contributed by atoms with Crippen molar-refractivity contribution in [2.75, 3.05) is 19.7 Å².